The lowest BCUT2D eigenvalue weighted by molar-refractivity contribution is 0.0248. The van der Waals surface area contributed by atoms with Gasteiger partial charge in [-0.1, -0.05) is 13.8 Å². The summed E-state index contributed by atoms with van der Waals surface area (Å²) in [5.74, 6) is 1.74. The Labute approximate surface area is 206 Å². The number of aryl methyl sites for hydroxylation is 1. The van der Waals surface area contributed by atoms with Crippen LogP contribution in [0.3, 0.4) is 0 Å². The minimum atomic E-state index is 0.322. The SMILES string of the molecule is Cc1c(-c2[nH]c3cnc(C4CCN(C5CCOCC5)CC4)nc3c2C(C)C)cn2ncnc2c1C. The highest BCUT2D eigenvalue weighted by Gasteiger charge is 2.29. The third-order valence-corrected chi connectivity index (χ3v) is 8.17. The van der Waals surface area contributed by atoms with Crippen LogP contribution < -0.4 is 0 Å². The second-order valence-electron chi connectivity index (χ2n) is 10.5. The molecule has 0 radical (unpaired) electrons. The van der Waals surface area contributed by atoms with Crippen LogP contribution in [0.15, 0.2) is 18.7 Å². The Balaban J connectivity index is 1.34. The smallest absolute Gasteiger partial charge is 0.158 e. The van der Waals surface area contributed by atoms with Gasteiger partial charge in [-0.25, -0.2) is 19.5 Å². The van der Waals surface area contributed by atoms with Crippen LogP contribution in [0.5, 0.6) is 0 Å². The molecule has 4 aromatic heterocycles. The number of nitrogens with one attached hydrogen (secondary N) is 1. The molecule has 2 fully saturated rings. The van der Waals surface area contributed by atoms with Crippen molar-refractivity contribution in [3.05, 3.63) is 41.2 Å². The van der Waals surface area contributed by atoms with Gasteiger partial charge in [0.05, 0.1) is 22.9 Å². The molecule has 0 spiro atoms. The number of aromatic nitrogens is 6. The van der Waals surface area contributed by atoms with E-state index in [1.807, 2.05) is 10.7 Å². The highest BCUT2D eigenvalue weighted by molar-refractivity contribution is 5.89. The number of pyridine rings is 1. The first-order valence-corrected chi connectivity index (χ1v) is 13.0. The predicted molar refractivity (Wildman–Crippen MR) is 137 cm³/mol. The molecule has 6 heterocycles. The van der Waals surface area contributed by atoms with Crippen molar-refractivity contribution in [3.63, 3.8) is 0 Å². The summed E-state index contributed by atoms with van der Waals surface area (Å²) in [7, 11) is 0. The highest BCUT2D eigenvalue weighted by Crippen LogP contribution is 2.38. The van der Waals surface area contributed by atoms with Crippen LogP contribution in [0, 0.1) is 13.8 Å². The van der Waals surface area contributed by atoms with Crippen molar-refractivity contribution in [2.75, 3.05) is 26.3 Å². The standard InChI is InChI=1S/C27H35N7O/c1-16(2)23-24(21-14-34-27(29-15-30-34)18(4)17(21)3)31-22-13-28-26(32-25(22)23)19-5-9-33(10-6-19)20-7-11-35-12-8-20/h13-16,19-20,31H,5-12H2,1-4H3. The van der Waals surface area contributed by atoms with Gasteiger partial charge in [-0.15, -0.1) is 0 Å². The van der Waals surface area contributed by atoms with Crippen LogP contribution in [-0.4, -0.2) is 66.8 Å². The summed E-state index contributed by atoms with van der Waals surface area (Å²) in [6.07, 6.45) is 10.3. The highest BCUT2D eigenvalue weighted by atomic mass is 16.5. The number of rotatable bonds is 4. The first kappa shape index (κ1) is 22.6. The third kappa shape index (κ3) is 3.93. The van der Waals surface area contributed by atoms with Crippen molar-refractivity contribution in [1.82, 2.24) is 34.4 Å². The third-order valence-electron chi connectivity index (χ3n) is 8.17. The van der Waals surface area contributed by atoms with Gasteiger partial charge in [0, 0.05) is 42.5 Å². The maximum Gasteiger partial charge on any atom is 0.158 e. The minimum absolute atomic E-state index is 0.322. The Morgan fingerprint density at radius 1 is 1.03 bits per heavy atom. The van der Waals surface area contributed by atoms with E-state index in [1.165, 1.54) is 11.1 Å². The molecule has 2 aliphatic heterocycles. The molecule has 0 saturated carbocycles. The first-order valence-electron chi connectivity index (χ1n) is 13.0. The molecule has 2 aliphatic rings. The van der Waals surface area contributed by atoms with Crippen molar-refractivity contribution in [1.29, 1.82) is 0 Å². The van der Waals surface area contributed by atoms with Crippen molar-refractivity contribution >= 4 is 16.7 Å². The number of aromatic amines is 1. The number of ether oxygens (including phenoxy) is 1. The number of hydrogen-bond donors (Lipinski definition) is 1. The lowest BCUT2D eigenvalue weighted by Gasteiger charge is -2.38. The molecule has 8 nitrogen and oxygen atoms in total. The van der Waals surface area contributed by atoms with E-state index in [4.69, 9.17) is 14.7 Å². The molecular weight excluding hydrogens is 438 g/mol. The second kappa shape index (κ2) is 8.99. The Bertz CT molecular complexity index is 1360. The quantitative estimate of drug-likeness (QED) is 0.460. The Morgan fingerprint density at radius 2 is 1.80 bits per heavy atom. The molecule has 0 aromatic carbocycles. The molecule has 2 saturated heterocycles. The Morgan fingerprint density at radius 3 is 2.54 bits per heavy atom. The molecule has 0 aliphatic carbocycles. The molecule has 0 atom stereocenters. The Hall–Kier alpha value is -2.84. The summed E-state index contributed by atoms with van der Waals surface area (Å²) < 4.78 is 7.43. The van der Waals surface area contributed by atoms with Crippen molar-refractivity contribution < 1.29 is 4.74 Å². The summed E-state index contributed by atoms with van der Waals surface area (Å²) >= 11 is 0. The zero-order valence-corrected chi connectivity index (χ0v) is 21.2. The number of hydrogen-bond acceptors (Lipinski definition) is 6. The van der Waals surface area contributed by atoms with Crippen LogP contribution in [0.2, 0.25) is 0 Å². The second-order valence-corrected chi connectivity index (χ2v) is 10.5. The number of H-pyrrole nitrogens is 1. The number of piperidine rings is 1. The molecule has 6 rings (SSSR count). The lowest BCUT2D eigenvalue weighted by Crippen LogP contribution is -2.43. The maximum atomic E-state index is 5.56. The molecule has 8 heteroatoms. The fourth-order valence-electron chi connectivity index (χ4n) is 6.01. The maximum absolute atomic E-state index is 5.56. The van der Waals surface area contributed by atoms with Crippen LogP contribution in [0.4, 0.5) is 0 Å². The predicted octanol–water partition coefficient (Wildman–Crippen LogP) is 4.77. The first-order chi connectivity index (χ1) is 17.0. The zero-order chi connectivity index (χ0) is 24.1. The fourth-order valence-corrected chi connectivity index (χ4v) is 6.01. The Kier molecular flexibility index (Phi) is 5.81. The van der Waals surface area contributed by atoms with Gasteiger partial charge in [0.1, 0.15) is 12.2 Å². The molecule has 4 aromatic rings. The average molecular weight is 474 g/mol. The van der Waals surface area contributed by atoms with Crippen molar-refractivity contribution in [2.45, 2.75) is 71.3 Å². The average Bonchev–Trinajstić information content (AvgIpc) is 3.51. The van der Waals surface area contributed by atoms with E-state index in [9.17, 15) is 0 Å². The van der Waals surface area contributed by atoms with Gasteiger partial charge < -0.3 is 14.6 Å². The van der Waals surface area contributed by atoms with Gasteiger partial charge in [-0.3, -0.25) is 0 Å². The van der Waals surface area contributed by atoms with Crippen molar-refractivity contribution in [3.8, 4) is 11.3 Å². The number of likely N-dealkylation sites (tertiary alicyclic amines) is 1. The van der Waals surface area contributed by atoms with E-state index >= 15 is 0 Å². The van der Waals surface area contributed by atoms with Gasteiger partial charge in [-0.05, 0) is 69.7 Å². The van der Waals surface area contributed by atoms with E-state index in [0.29, 0.717) is 17.9 Å². The molecule has 1 N–H and O–H groups in total. The van der Waals surface area contributed by atoms with Gasteiger partial charge >= 0.3 is 0 Å². The van der Waals surface area contributed by atoms with Crippen LogP contribution in [-0.2, 0) is 4.74 Å². The van der Waals surface area contributed by atoms with Crippen LogP contribution in [0.25, 0.3) is 27.9 Å². The minimum Gasteiger partial charge on any atom is -0.381 e. The summed E-state index contributed by atoms with van der Waals surface area (Å²) in [4.78, 5) is 20.8. The number of fused-ring (bicyclic) bond motifs is 2. The van der Waals surface area contributed by atoms with Gasteiger partial charge in [0.2, 0.25) is 0 Å². The van der Waals surface area contributed by atoms with E-state index < -0.39 is 0 Å². The molecular formula is C27H35N7O. The van der Waals surface area contributed by atoms with E-state index in [2.05, 4.69) is 53.9 Å². The molecule has 35 heavy (non-hydrogen) atoms. The van der Waals surface area contributed by atoms with Crippen LogP contribution >= 0.6 is 0 Å². The molecule has 184 valence electrons. The normalized spacial score (nSPS) is 18.9. The van der Waals surface area contributed by atoms with Gasteiger partial charge in [0.25, 0.3) is 0 Å². The lowest BCUT2D eigenvalue weighted by atomic mass is 9.93. The van der Waals surface area contributed by atoms with Gasteiger partial charge in [-0.2, -0.15) is 5.10 Å². The topological polar surface area (TPSA) is 84.2 Å². The summed E-state index contributed by atoms with van der Waals surface area (Å²) in [5, 5.41) is 4.40. The summed E-state index contributed by atoms with van der Waals surface area (Å²) in [5.41, 5.74) is 8.85. The van der Waals surface area contributed by atoms with E-state index in [1.54, 1.807) is 6.33 Å². The molecule has 0 amide bonds. The molecule has 0 unspecified atom stereocenters. The van der Waals surface area contributed by atoms with E-state index in [0.717, 1.165) is 91.3 Å². The summed E-state index contributed by atoms with van der Waals surface area (Å²) in [6.45, 7) is 12.8. The summed E-state index contributed by atoms with van der Waals surface area (Å²) in [6, 6.07) is 0.682. The van der Waals surface area contributed by atoms with Crippen LogP contribution in [0.1, 0.15) is 73.9 Å². The van der Waals surface area contributed by atoms with Gasteiger partial charge in [0.15, 0.2) is 5.65 Å². The monoisotopic (exact) mass is 473 g/mol. The van der Waals surface area contributed by atoms with Crippen molar-refractivity contribution in [2.24, 2.45) is 0 Å². The number of nitrogens with zero attached hydrogens (tertiary/aromatic N) is 6. The fraction of sp³-hybridized carbons (Fsp3) is 0.556. The largest absolute Gasteiger partial charge is 0.381 e. The molecule has 0 bridgehead atoms. The van der Waals surface area contributed by atoms with E-state index in [-0.39, 0.29) is 0 Å². The zero-order valence-electron chi connectivity index (χ0n) is 21.2.